The molecule has 1 aromatic carbocycles. The Balaban J connectivity index is 1.27. The van der Waals surface area contributed by atoms with Gasteiger partial charge in [-0.05, 0) is 41.5 Å². The highest BCUT2D eigenvalue weighted by Gasteiger charge is 2.21. The van der Waals surface area contributed by atoms with E-state index in [1.807, 2.05) is 18.4 Å². The van der Waals surface area contributed by atoms with Crippen molar-refractivity contribution in [3.63, 3.8) is 0 Å². The summed E-state index contributed by atoms with van der Waals surface area (Å²) in [4.78, 5) is 9.42. The maximum Gasteiger partial charge on any atom is 0.191 e. The van der Waals surface area contributed by atoms with Crippen molar-refractivity contribution in [1.82, 2.24) is 15.5 Å². The predicted molar refractivity (Wildman–Crippen MR) is 125 cm³/mol. The minimum atomic E-state index is 0.469. The molecule has 4 rings (SSSR count). The minimum Gasteiger partial charge on any atom is -0.379 e. The molecule has 2 aliphatic heterocycles. The Kier molecular flexibility index (Phi) is 7.61. The van der Waals surface area contributed by atoms with Gasteiger partial charge >= 0.3 is 0 Å². The smallest absolute Gasteiger partial charge is 0.191 e. The molecule has 30 heavy (non-hydrogen) atoms. The van der Waals surface area contributed by atoms with Crippen molar-refractivity contribution in [3.05, 3.63) is 52.9 Å². The van der Waals surface area contributed by atoms with Crippen LogP contribution in [0.5, 0.6) is 0 Å². The first kappa shape index (κ1) is 21.2. The van der Waals surface area contributed by atoms with Gasteiger partial charge in [0.2, 0.25) is 0 Å². The number of morpholine rings is 1. The number of aliphatic imine (C=N–C) groups is 1. The molecule has 0 bridgehead atoms. The van der Waals surface area contributed by atoms with Crippen molar-refractivity contribution in [2.75, 3.05) is 51.3 Å². The van der Waals surface area contributed by atoms with E-state index in [1.54, 1.807) is 0 Å². The van der Waals surface area contributed by atoms with Crippen LogP contribution in [0, 0.1) is 0 Å². The number of anilines is 1. The summed E-state index contributed by atoms with van der Waals surface area (Å²) in [5.74, 6) is 0.894. The first-order chi connectivity index (χ1) is 14.8. The molecule has 1 aromatic heterocycles. The SMILES string of the molecule is CN=C(NCc1ccccc1CN1CCOCC1)NC1CCN(c2cccs2)CC1. The Morgan fingerprint density at radius 2 is 1.83 bits per heavy atom. The number of nitrogens with zero attached hydrogens (tertiary/aromatic N) is 3. The molecule has 2 N–H and O–H groups in total. The van der Waals surface area contributed by atoms with Gasteiger partial charge in [-0.25, -0.2) is 0 Å². The Morgan fingerprint density at radius 1 is 1.07 bits per heavy atom. The van der Waals surface area contributed by atoms with Crippen LogP contribution in [-0.2, 0) is 17.8 Å². The van der Waals surface area contributed by atoms with E-state index in [1.165, 1.54) is 16.1 Å². The average Bonchev–Trinajstić information content (AvgIpc) is 3.34. The van der Waals surface area contributed by atoms with Crippen LogP contribution in [0.2, 0.25) is 0 Å². The lowest BCUT2D eigenvalue weighted by atomic mass is 10.1. The molecule has 162 valence electrons. The first-order valence-electron chi connectivity index (χ1n) is 10.9. The van der Waals surface area contributed by atoms with Crippen LogP contribution in [0.25, 0.3) is 0 Å². The molecular formula is C23H33N5OS. The van der Waals surface area contributed by atoms with E-state index in [0.717, 1.165) is 71.3 Å². The predicted octanol–water partition coefficient (Wildman–Crippen LogP) is 2.91. The third-order valence-electron chi connectivity index (χ3n) is 5.94. The standard InChI is InChI=1S/C23H33N5OS/c1-24-23(26-21-8-10-28(11-9-21)22-7-4-16-30-22)25-17-19-5-2-3-6-20(19)18-27-12-14-29-15-13-27/h2-7,16,21H,8-15,17-18H2,1H3,(H2,24,25,26). The third-order valence-corrected chi connectivity index (χ3v) is 6.87. The van der Waals surface area contributed by atoms with E-state index in [-0.39, 0.29) is 0 Å². The minimum absolute atomic E-state index is 0.469. The molecule has 2 fully saturated rings. The zero-order valence-corrected chi connectivity index (χ0v) is 18.7. The summed E-state index contributed by atoms with van der Waals surface area (Å²) in [5.41, 5.74) is 2.71. The summed E-state index contributed by atoms with van der Waals surface area (Å²) in [6, 6.07) is 13.5. The van der Waals surface area contributed by atoms with Gasteiger partial charge in [0.05, 0.1) is 18.2 Å². The molecule has 6 nitrogen and oxygen atoms in total. The van der Waals surface area contributed by atoms with Crippen LogP contribution >= 0.6 is 11.3 Å². The van der Waals surface area contributed by atoms with Crippen molar-refractivity contribution < 1.29 is 4.74 Å². The fraction of sp³-hybridized carbons (Fsp3) is 0.522. The number of piperidine rings is 1. The van der Waals surface area contributed by atoms with E-state index in [0.29, 0.717) is 6.04 Å². The van der Waals surface area contributed by atoms with Crippen LogP contribution in [0.15, 0.2) is 46.8 Å². The number of hydrogen-bond donors (Lipinski definition) is 2. The van der Waals surface area contributed by atoms with E-state index < -0.39 is 0 Å². The number of nitrogens with one attached hydrogen (secondary N) is 2. The molecule has 0 amide bonds. The molecule has 2 aliphatic rings. The highest BCUT2D eigenvalue weighted by Crippen LogP contribution is 2.24. The lowest BCUT2D eigenvalue weighted by Crippen LogP contribution is -2.48. The summed E-state index contributed by atoms with van der Waals surface area (Å²) in [5, 5.41) is 10.7. The summed E-state index contributed by atoms with van der Waals surface area (Å²) in [7, 11) is 1.86. The van der Waals surface area contributed by atoms with Crippen molar-refractivity contribution in [1.29, 1.82) is 0 Å². The molecule has 0 aliphatic carbocycles. The van der Waals surface area contributed by atoms with Gasteiger partial charge < -0.3 is 20.3 Å². The summed E-state index contributed by atoms with van der Waals surface area (Å²) >= 11 is 1.83. The van der Waals surface area contributed by atoms with Crippen molar-refractivity contribution in [3.8, 4) is 0 Å². The highest BCUT2D eigenvalue weighted by molar-refractivity contribution is 7.14. The van der Waals surface area contributed by atoms with Crippen molar-refractivity contribution in [2.24, 2.45) is 4.99 Å². The van der Waals surface area contributed by atoms with Crippen molar-refractivity contribution in [2.45, 2.75) is 32.0 Å². The molecule has 0 radical (unpaired) electrons. The van der Waals surface area contributed by atoms with Crippen LogP contribution < -0.4 is 15.5 Å². The van der Waals surface area contributed by atoms with Crippen molar-refractivity contribution >= 4 is 22.3 Å². The zero-order chi connectivity index (χ0) is 20.6. The number of ether oxygens (including phenoxy) is 1. The summed E-state index contributed by atoms with van der Waals surface area (Å²) in [6.07, 6.45) is 2.26. The molecule has 2 aromatic rings. The highest BCUT2D eigenvalue weighted by atomic mass is 32.1. The Labute approximate surface area is 183 Å². The van der Waals surface area contributed by atoms with E-state index in [4.69, 9.17) is 4.74 Å². The van der Waals surface area contributed by atoms with Gasteiger partial charge in [-0.15, -0.1) is 11.3 Å². The normalized spacial score (nSPS) is 19.1. The van der Waals surface area contributed by atoms with Gasteiger partial charge in [0.1, 0.15) is 0 Å². The fourth-order valence-electron chi connectivity index (χ4n) is 4.15. The van der Waals surface area contributed by atoms with E-state index >= 15 is 0 Å². The Bertz CT molecular complexity index is 796. The molecule has 0 unspecified atom stereocenters. The number of thiophene rings is 1. The Hall–Kier alpha value is -2.09. The third kappa shape index (κ3) is 5.74. The van der Waals surface area contributed by atoms with Crippen LogP contribution in [-0.4, -0.2) is 63.3 Å². The number of benzene rings is 1. The Morgan fingerprint density at radius 3 is 2.53 bits per heavy atom. The lowest BCUT2D eigenvalue weighted by molar-refractivity contribution is 0.0341. The monoisotopic (exact) mass is 427 g/mol. The second-order valence-electron chi connectivity index (χ2n) is 7.94. The second kappa shape index (κ2) is 10.8. The lowest BCUT2D eigenvalue weighted by Gasteiger charge is -2.33. The molecule has 2 saturated heterocycles. The second-order valence-corrected chi connectivity index (χ2v) is 8.87. The summed E-state index contributed by atoms with van der Waals surface area (Å²) < 4.78 is 5.48. The van der Waals surface area contributed by atoms with Gasteiger partial charge in [-0.1, -0.05) is 24.3 Å². The fourth-order valence-corrected chi connectivity index (χ4v) is 4.93. The van der Waals surface area contributed by atoms with Crippen LogP contribution in [0.4, 0.5) is 5.00 Å². The molecule has 3 heterocycles. The van der Waals surface area contributed by atoms with E-state index in [9.17, 15) is 0 Å². The van der Waals surface area contributed by atoms with Gasteiger partial charge in [0.25, 0.3) is 0 Å². The number of rotatable bonds is 6. The van der Waals surface area contributed by atoms with Gasteiger partial charge in [-0.3, -0.25) is 9.89 Å². The topological polar surface area (TPSA) is 52.1 Å². The largest absolute Gasteiger partial charge is 0.379 e. The number of hydrogen-bond acceptors (Lipinski definition) is 5. The van der Waals surface area contributed by atoms with Gasteiger partial charge in [0.15, 0.2) is 5.96 Å². The van der Waals surface area contributed by atoms with Gasteiger partial charge in [-0.2, -0.15) is 0 Å². The summed E-state index contributed by atoms with van der Waals surface area (Å²) in [6.45, 7) is 7.65. The maximum absolute atomic E-state index is 5.48. The molecule has 0 saturated carbocycles. The maximum atomic E-state index is 5.48. The van der Waals surface area contributed by atoms with E-state index in [2.05, 4.69) is 67.2 Å². The number of guanidine groups is 1. The zero-order valence-electron chi connectivity index (χ0n) is 17.8. The first-order valence-corrected chi connectivity index (χ1v) is 11.8. The molecule has 0 atom stereocenters. The quantitative estimate of drug-likeness (QED) is 0.548. The van der Waals surface area contributed by atoms with Crippen LogP contribution in [0.1, 0.15) is 24.0 Å². The average molecular weight is 428 g/mol. The van der Waals surface area contributed by atoms with Crippen LogP contribution in [0.3, 0.4) is 0 Å². The molecular weight excluding hydrogens is 394 g/mol. The van der Waals surface area contributed by atoms with Gasteiger partial charge in [0, 0.05) is 52.4 Å². The molecule has 7 heteroatoms. The molecule has 0 spiro atoms.